The van der Waals surface area contributed by atoms with Crippen LogP contribution < -0.4 is 4.74 Å². The lowest BCUT2D eigenvalue weighted by molar-refractivity contribution is -0.137. The van der Waals surface area contributed by atoms with Crippen molar-refractivity contribution in [2.75, 3.05) is 19.8 Å². The van der Waals surface area contributed by atoms with Gasteiger partial charge in [0, 0.05) is 12.5 Å². The molecule has 0 unspecified atom stereocenters. The number of benzene rings is 2. The van der Waals surface area contributed by atoms with E-state index in [1.54, 1.807) is 0 Å². The van der Waals surface area contributed by atoms with Crippen molar-refractivity contribution in [2.45, 2.75) is 13.3 Å². The van der Waals surface area contributed by atoms with E-state index in [1.807, 2.05) is 31.2 Å². The van der Waals surface area contributed by atoms with Crippen molar-refractivity contribution < 1.29 is 19.4 Å². The Bertz CT molecular complexity index is 689. The number of esters is 1. The van der Waals surface area contributed by atoms with E-state index < -0.39 is 5.97 Å². The highest BCUT2D eigenvalue weighted by atomic mass is 16.5. The van der Waals surface area contributed by atoms with Crippen molar-refractivity contribution in [3.63, 3.8) is 0 Å². The summed E-state index contributed by atoms with van der Waals surface area (Å²) < 4.78 is 10.5. The summed E-state index contributed by atoms with van der Waals surface area (Å²) in [6, 6.07) is 14.0. The Morgan fingerprint density at radius 3 is 2.58 bits per heavy atom. The van der Waals surface area contributed by atoms with Crippen molar-refractivity contribution in [1.82, 2.24) is 0 Å². The first-order valence-electron chi connectivity index (χ1n) is 7.87. The molecule has 2 aromatic rings. The Hall–Kier alpha value is -2.59. The highest BCUT2D eigenvalue weighted by Gasteiger charge is 2.07. The third-order valence-corrected chi connectivity index (χ3v) is 3.57. The van der Waals surface area contributed by atoms with Gasteiger partial charge >= 0.3 is 5.97 Å². The fourth-order valence-corrected chi connectivity index (χ4v) is 2.43. The molecule has 0 aliphatic rings. The highest BCUT2D eigenvalue weighted by molar-refractivity contribution is 5.81. The number of aliphatic hydroxyl groups excluding tert-OH is 1. The van der Waals surface area contributed by atoms with E-state index in [-0.39, 0.29) is 13.2 Å². The molecule has 24 heavy (non-hydrogen) atoms. The molecule has 126 valence electrons. The van der Waals surface area contributed by atoms with Crippen molar-refractivity contribution in [3.05, 3.63) is 66.2 Å². The van der Waals surface area contributed by atoms with Crippen LogP contribution in [0.4, 0.5) is 0 Å². The molecule has 0 saturated heterocycles. The number of ether oxygens (including phenoxy) is 2. The molecular weight excluding hydrogens is 304 g/mol. The summed E-state index contributed by atoms with van der Waals surface area (Å²) in [5.74, 6) is 0.316. The molecule has 0 bridgehead atoms. The van der Waals surface area contributed by atoms with Gasteiger partial charge in [-0.2, -0.15) is 0 Å². The van der Waals surface area contributed by atoms with Gasteiger partial charge < -0.3 is 14.6 Å². The molecule has 0 aromatic heterocycles. The number of aliphatic hydroxyl groups is 1. The largest absolute Gasteiger partial charge is 0.491 e. The predicted molar refractivity (Wildman–Crippen MR) is 94.1 cm³/mol. The van der Waals surface area contributed by atoms with Gasteiger partial charge in [0.2, 0.25) is 0 Å². The lowest BCUT2D eigenvalue weighted by atomic mass is 9.96. The fourth-order valence-electron chi connectivity index (χ4n) is 2.43. The highest BCUT2D eigenvalue weighted by Crippen LogP contribution is 2.27. The van der Waals surface area contributed by atoms with Gasteiger partial charge in [0.15, 0.2) is 0 Å². The Balaban J connectivity index is 2.16. The average molecular weight is 326 g/mol. The third kappa shape index (κ3) is 4.96. The van der Waals surface area contributed by atoms with Gasteiger partial charge in [0.25, 0.3) is 0 Å². The quantitative estimate of drug-likeness (QED) is 0.597. The molecule has 1 N–H and O–H groups in total. The summed E-state index contributed by atoms with van der Waals surface area (Å²) in [6.07, 6.45) is 1.81. The van der Waals surface area contributed by atoms with Crippen LogP contribution in [0.1, 0.15) is 11.1 Å². The second kappa shape index (κ2) is 8.89. The van der Waals surface area contributed by atoms with E-state index in [2.05, 4.69) is 24.8 Å². The van der Waals surface area contributed by atoms with E-state index >= 15 is 0 Å². The van der Waals surface area contributed by atoms with Crippen LogP contribution in [0.3, 0.4) is 0 Å². The number of carbonyl (C=O) groups excluding carboxylic acids is 1. The molecule has 0 aliphatic carbocycles. The van der Waals surface area contributed by atoms with Gasteiger partial charge in [0.1, 0.15) is 12.4 Å². The van der Waals surface area contributed by atoms with Crippen LogP contribution >= 0.6 is 0 Å². The summed E-state index contributed by atoms with van der Waals surface area (Å²) in [4.78, 5) is 11.2. The first-order valence-corrected chi connectivity index (χ1v) is 7.87. The number of carbonyl (C=O) groups is 1. The molecule has 2 rings (SSSR count). The SMILES string of the molecule is C=CC(=O)OCCc1cc(C)ccc1-c1ccc(OCCO)cc1. The second-order valence-electron chi connectivity index (χ2n) is 5.38. The van der Waals surface area contributed by atoms with E-state index in [4.69, 9.17) is 14.6 Å². The molecule has 0 aliphatic heterocycles. The monoisotopic (exact) mass is 326 g/mol. The van der Waals surface area contributed by atoms with Crippen molar-refractivity contribution >= 4 is 5.97 Å². The fraction of sp³-hybridized carbons (Fsp3) is 0.250. The summed E-state index contributed by atoms with van der Waals surface area (Å²) in [5.41, 5.74) is 4.45. The topological polar surface area (TPSA) is 55.8 Å². The molecule has 0 atom stereocenters. The normalized spacial score (nSPS) is 10.2. The summed E-state index contributed by atoms with van der Waals surface area (Å²) in [7, 11) is 0. The number of hydrogen-bond acceptors (Lipinski definition) is 4. The molecule has 0 heterocycles. The van der Waals surface area contributed by atoms with Gasteiger partial charge in [-0.1, -0.05) is 42.5 Å². The summed E-state index contributed by atoms with van der Waals surface area (Å²) >= 11 is 0. The molecule has 2 aromatic carbocycles. The van der Waals surface area contributed by atoms with Crippen LogP contribution in [-0.2, 0) is 16.0 Å². The summed E-state index contributed by atoms with van der Waals surface area (Å²) in [6.45, 7) is 6.02. The molecule has 0 saturated carbocycles. The minimum Gasteiger partial charge on any atom is -0.491 e. The van der Waals surface area contributed by atoms with Crippen LogP contribution in [0.15, 0.2) is 55.1 Å². The van der Waals surface area contributed by atoms with Gasteiger partial charge in [0.05, 0.1) is 13.2 Å². The van der Waals surface area contributed by atoms with Gasteiger partial charge in [-0.3, -0.25) is 0 Å². The van der Waals surface area contributed by atoms with Crippen molar-refractivity contribution in [1.29, 1.82) is 0 Å². The number of rotatable bonds is 8. The van der Waals surface area contributed by atoms with Crippen LogP contribution in [-0.4, -0.2) is 30.9 Å². The molecule has 0 spiro atoms. The maximum absolute atomic E-state index is 11.2. The standard InChI is InChI=1S/C20H22O4/c1-3-20(22)24-12-10-17-14-15(2)4-9-19(17)16-5-7-18(8-6-16)23-13-11-21/h3-9,14,21H,1,10-13H2,2H3. The van der Waals surface area contributed by atoms with Gasteiger partial charge in [-0.05, 0) is 35.7 Å². The van der Waals surface area contributed by atoms with E-state index in [1.165, 1.54) is 6.08 Å². The molecule has 0 radical (unpaired) electrons. The Morgan fingerprint density at radius 1 is 1.17 bits per heavy atom. The van der Waals surface area contributed by atoms with Crippen LogP contribution in [0.2, 0.25) is 0 Å². The van der Waals surface area contributed by atoms with Crippen LogP contribution in [0.25, 0.3) is 11.1 Å². The molecular formula is C20H22O4. The molecule has 0 fully saturated rings. The van der Waals surface area contributed by atoms with E-state index in [9.17, 15) is 4.79 Å². The Labute approximate surface area is 142 Å². The Morgan fingerprint density at radius 2 is 1.92 bits per heavy atom. The molecule has 0 amide bonds. The average Bonchev–Trinajstić information content (AvgIpc) is 2.60. The third-order valence-electron chi connectivity index (χ3n) is 3.57. The minimum atomic E-state index is -0.408. The predicted octanol–water partition coefficient (Wildman–Crippen LogP) is 3.30. The first kappa shape index (κ1) is 17.8. The van der Waals surface area contributed by atoms with E-state index in [0.29, 0.717) is 13.0 Å². The van der Waals surface area contributed by atoms with Crippen molar-refractivity contribution in [3.8, 4) is 16.9 Å². The van der Waals surface area contributed by atoms with E-state index in [0.717, 1.165) is 28.0 Å². The molecule has 4 heteroatoms. The zero-order chi connectivity index (χ0) is 17.4. The molecule has 4 nitrogen and oxygen atoms in total. The Kier molecular flexibility index (Phi) is 6.58. The lowest BCUT2D eigenvalue weighted by Gasteiger charge is -2.12. The second-order valence-corrected chi connectivity index (χ2v) is 5.38. The first-order chi connectivity index (χ1) is 11.6. The summed E-state index contributed by atoms with van der Waals surface area (Å²) in [5, 5.41) is 8.79. The zero-order valence-electron chi connectivity index (χ0n) is 13.8. The minimum absolute atomic E-state index is 0.00666. The van der Waals surface area contributed by atoms with Gasteiger partial charge in [-0.25, -0.2) is 4.79 Å². The van der Waals surface area contributed by atoms with Crippen LogP contribution in [0.5, 0.6) is 5.75 Å². The number of aryl methyl sites for hydroxylation is 1. The lowest BCUT2D eigenvalue weighted by Crippen LogP contribution is -2.05. The van der Waals surface area contributed by atoms with Gasteiger partial charge in [-0.15, -0.1) is 0 Å². The maximum atomic E-state index is 11.2. The zero-order valence-corrected chi connectivity index (χ0v) is 13.8. The smallest absolute Gasteiger partial charge is 0.330 e. The maximum Gasteiger partial charge on any atom is 0.330 e. The number of hydrogen-bond donors (Lipinski definition) is 1. The van der Waals surface area contributed by atoms with Crippen LogP contribution in [0, 0.1) is 6.92 Å². The van der Waals surface area contributed by atoms with Crippen molar-refractivity contribution in [2.24, 2.45) is 0 Å².